The van der Waals surface area contributed by atoms with E-state index >= 15 is 0 Å². The van der Waals surface area contributed by atoms with Crippen LogP contribution in [0.1, 0.15) is 40.0 Å². The maximum Gasteiger partial charge on any atom is 0.274 e. The molecule has 0 bridgehead atoms. The van der Waals surface area contributed by atoms with Crippen LogP contribution in [-0.4, -0.2) is 40.0 Å². The standard InChI is InChI=1S/C23H25FN4O2/c1-14-3-6-20-18(11-14)21(27-26-20)23(30)28-9-7-17(8-10-28)22(29)25-13-16-5-4-15(2)19(24)12-16/h3-6,11-12,17H,7-10,13H2,1-2H3,(H,25,29)(H,26,27). The van der Waals surface area contributed by atoms with Gasteiger partial charge < -0.3 is 10.2 Å². The second-order valence-corrected chi connectivity index (χ2v) is 7.99. The maximum absolute atomic E-state index is 13.7. The van der Waals surface area contributed by atoms with Crippen LogP contribution in [0, 0.1) is 25.6 Å². The van der Waals surface area contributed by atoms with Crippen LogP contribution in [-0.2, 0) is 11.3 Å². The second-order valence-electron chi connectivity index (χ2n) is 7.99. The number of piperidine rings is 1. The Balaban J connectivity index is 1.33. The molecule has 2 aromatic carbocycles. The third kappa shape index (κ3) is 4.06. The van der Waals surface area contributed by atoms with Gasteiger partial charge in [0.25, 0.3) is 5.91 Å². The van der Waals surface area contributed by atoms with Gasteiger partial charge in [0.2, 0.25) is 5.91 Å². The van der Waals surface area contributed by atoms with Gasteiger partial charge in [0, 0.05) is 30.9 Å². The first kappa shape index (κ1) is 20.1. The molecule has 1 fully saturated rings. The number of amides is 2. The number of carbonyl (C=O) groups is 2. The van der Waals surface area contributed by atoms with Crippen molar-refractivity contribution in [1.82, 2.24) is 20.4 Å². The van der Waals surface area contributed by atoms with Crippen molar-refractivity contribution in [3.8, 4) is 0 Å². The molecular formula is C23H25FN4O2. The number of aromatic amines is 1. The highest BCUT2D eigenvalue weighted by Crippen LogP contribution is 2.23. The second kappa shape index (κ2) is 8.26. The summed E-state index contributed by atoms with van der Waals surface area (Å²) in [5.41, 5.74) is 3.66. The Kier molecular flexibility index (Phi) is 5.53. The zero-order valence-electron chi connectivity index (χ0n) is 17.2. The maximum atomic E-state index is 13.7. The van der Waals surface area contributed by atoms with Gasteiger partial charge in [-0.25, -0.2) is 4.39 Å². The lowest BCUT2D eigenvalue weighted by Gasteiger charge is -2.31. The summed E-state index contributed by atoms with van der Waals surface area (Å²) >= 11 is 0. The molecule has 0 saturated carbocycles. The Labute approximate surface area is 174 Å². The van der Waals surface area contributed by atoms with Crippen LogP contribution in [0.25, 0.3) is 10.9 Å². The molecule has 2 heterocycles. The van der Waals surface area contributed by atoms with Gasteiger partial charge in [0.05, 0.1) is 5.52 Å². The number of hydrogen-bond donors (Lipinski definition) is 2. The smallest absolute Gasteiger partial charge is 0.274 e. The number of likely N-dealkylation sites (tertiary alicyclic amines) is 1. The number of fused-ring (bicyclic) bond motifs is 1. The highest BCUT2D eigenvalue weighted by atomic mass is 19.1. The van der Waals surface area contributed by atoms with Gasteiger partial charge in [0.15, 0.2) is 5.69 Å². The fraction of sp³-hybridized carbons (Fsp3) is 0.348. The first-order valence-corrected chi connectivity index (χ1v) is 10.2. The highest BCUT2D eigenvalue weighted by Gasteiger charge is 2.29. The minimum Gasteiger partial charge on any atom is -0.352 e. The minimum atomic E-state index is -0.269. The largest absolute Gasteiger partial charge is 0.352 e. The van der Waals surface area contributed by atoms with Gasteiger partial charge in [-0.1, -0.05) is 23.8 Å². The van der Waals surface area contributed by atoms with Gasteiger partial charge in [-0.15, -0.1) is 0 Å². The van der Waals surface area contributed by atoms with E-state index in [9.17, 15) is 14.0 Å². The van der Waals surface area contributed by atoms with Crippen molar-refractivity contribution in [2.24, 2.45) is 5.92 Å². The molecule has 3 aromatic rings. The number of aromatic nitrogens is 2. The number of nitrogens with one attached hydrogen (secondary N) is 2. The highest BCUT2D eigenvalue weighted by molar-refractivity contribution is 6.04. The fourth-order valence-corrected chi connectivity index (χ4v) is 3.87. The molecule has 30 heavy (non-hydrogen) atoms. The van der Waals surface area contributed by atoms with Crippen LogP contribution in [0.3, 0.4) is 0 Å². The summed E-state index contributed by atoms with van der Waals surface area (Å²) < 4.78 is 13.7. The van der Waals surface area contributed by atoms with Crippen molar-refractivity contribution in [3.05, 3.63) is 64.6 Å². The van der Waals surface area contributed by atoms with Crippen molar-refractivity contribution in [2.75, 3.05) is 13.1 Å². The molecule has 156 valence electrons. The molecule has 0 spiro atoms. The van der Waals surface area contributed by atoms with E-state index in [1.54, 1.807) is 17.9 Å². The van der Waals surface area contributed by atoms with E-state index in [-0.39, 0.29) is 23.5 Å². The Morgan fingerprint density at radius 2 is 1.93 bits per heavy atom. The van der Waals surface area contributed by atoms with E-state index in [1.807, 2.05) is 31.2 Å². The number of H-pyrrole nitrogens is 1. The third-order valence-electron chi connectivity index (χ3n) is 5.78. The zero-order valence-corrected chi connectivity index (χ0v) is 17.2. The molecule has 6 nitrogen and oxygen atoms in total. The van der Waals surface area contributed by atoms with E-state index in [0.29, 0.717) is 43.7 Å². The first-order chi connectivity index (χ1) is 14.4. The quantitative estimate of drug-likeness (QED) is 0.694. The molecule has 2 amide bonds. The monoisotopic (exact) mass is 408 g/mol. The normalized spacial score (nSPS) is 14.8. The molecule has 1 aliphatic heterocycles. The average Bonchev–Trinajstić information content (AvgIpc) is 3.17. The van der Waals surface area contributed by atoms with Crippen LogP contribution in [0.2, 0.25) is 0 Å². The lowest BCUT2D eigenvalue weighted by molar-refractivity contribution is -0.126. The minimum absolute atomic E-state index is 0.0519. The lowest BCUT2D eigenvalue weighted by Crippen LogP contribution is -2.43. The topological polar surface area (TPSA) is 78.1 Å². The lowest BCUT2D eigenvalue weighted by atomic mass is 9.95. The van der Waals surface area contributed by atoms with E-state index in [1.165, 1.54) is 6.07 Å². The van der Waals surface area contributed by atoms with Crippen molar-refractivity contribution >= 4 is 22.7 Å². The van der Waals surface area contributed by atoms with Gasteiger partial charge in [-0.3, -0.25) is 14.7 Å². The molecule has 4 rings (SSSR count). The van der Waals surface area contributed by atoms with E-state index in [2.05, 4.69) is 15.5 Å². The average molecular weight is 408 g/mol. The van der Waals surface area contributed by atoms with Crippen LogP contribution in [0.15, 0.2) is 36.4 Å². The Bertz CT molecular complexity index is 1100. The Hall–Kier alpha value is -3.22. The number of hydrogen-bond acceptors (Lipinski definition) is 3. The molecule has 0 unspecified atom stereocenters. The predicted octanol–water partition coefficient (Wildman–Crippen LogP) is 3.49. The molecule has 0 atom stereocenters. The van der Waals surface area contributed by atoms with Crippen molar-refractivity contribution in [3.63, 3.8) is 0 Å². The molecule has 1 aliphatic rings. The van der Waals surface area contributed by atoms with Crippen LogP contribution >= 0.6 is 0 Å². The van der Waals surface area contributed by atoms with Crippen LogP contribution in [0.4, 0.5) is 4.39 Å². The third-order valence-corrected chi connectivity index (χ3v) is 5.78. The summed E-state index contributed by atoms with van der Waals surface area (Å²) in [6, 6.07) is 10.8. The van der Waals surface area contributed by atoms with Gasteiger partial charge in [-0.05, 0) is 56.0 Å². The summed E-state index contributed by atoms with van der Waals surface area (Å²) in [6.45, 7) is 5.01. The number of benzene rings is 2. The molecule has 1 aromatic heterocycles. The van der Waals surface area contributed by atoms with E-state index in [0.717, 1.165) is 22.0 Å². The molecular weight excluding hydrogens is 383 g/mol. The molecule has 0 radical (unpaired) electrons. The van der Waals surface area contributed by atoms with Gasteiger partial charge in [0.1, 0.15) is 5.82 Å². The summed E-state index contributed by atoms with van der Waals surface area (Å²) in [5, 5.41) is 10.8. The van der Waals surface area contributed by atoms with Gasteiger partial charge >= 0.3 is 0 Å². The van der Waals surface area contributed by atoms with Crippen molar-refractivity contribution < 1.29 is 14.0 Å². The van der Waals surface area contributed by atoms with Gasteiger partial charge in [-0.2, -0.15) is 5.10 Å². The Morgan fingerprint density at radius 1 is 1.17 bits per heavy atom. The number of carbonyl (C=O) groups excluding carboxylic acids is 2. The van der Waals surface area contributed by atoms with Crippen molar-refractivity contribution in [1.29, 1.82) is 0 Å². The fourth-order valence-electron chi connectivity index (χ4n) is 3.87. The summed E-state index contributed by atoms with van der Waals surface area (Å²) in [5.74, 6) is -0.582. The van der Waals surface area contributed by atoms with Crippen LogP contribution < -0.4 is 5.32 Å². The summed E-state index contributed by atoms with van der Waals surface area (Å²) in [6.07, 6.45) is 1.20. The molecule has 7 heteroatoms. The molecule has 0 aliphatic carbocycles. The van der Waals surface area contributed by atoms with Crippen molar-refractivity contribution in [2.45, 2.75) is 33.2 Å². The SMILES string of the molecule is Cc1ccc2[nH]nc(C(=O)N3CCC(C(=O)NCc4ccc(C)c(F)c4)CC3)c2c1. The predicted molar refractivity (Wildman–Crippen MR) is 112 cm³/mol. The van der Waals surface area contributed by atoms with E-state index in [4.69, 9.17) is 0 Å². The summed E-state index contributed by atoms with van der Waals surface area (Å²) in [7, 11) is 0. The van der Waals surface area contributed by atoms with E-state index < -0.39 is 0 Å². The van der Waals surface area contributed by atoms with Crippen LogP contribution in [0.5, 0.6) is 0 Å². The molecule has 1 saturated heterocycles. The number of rotatable bonds is 4. The summed E-state index contributed by atoms with van der Waals surface area (Å²) in [4.78, 5) is 27.2. The number of nitrogens with zero attached hydrogens (tertiary/aromatic N) is 2. The number of aryl methyl sites for hydroxylation is 2. The molecule has 2 N–H and O–H groups in total. The zero-order chi connectivity index (χ0) is 21.3. The number of halogens is 1. The Morgan fingerprint density at radius 3 is 2.67 bits per heavy atom. The first-order valence-electron chi connectivity index (χ1n) is 10.2.